The second-order valence-corrected chi connectivity index (χ2v) is 7.23. The standard InChI is InChI=1S/C25H24N2O4/c1-17(2)31-25(30)21-9-6-10-22(15-21)27-24(29)20-13-11-18(12-14-20)16-26-23(28)19-7-4-3-5-8-19/h3-15,17H,16H2,1-2H3,(H,26,28)(H,27,29). The first-order chi connectivity index (χ1) is 14.9. The van der Waals surface area contributed by atoms with E-state index in [0.29, 0.717) is 28.9 Å². The van der Waals surface area contributed by atoms with E-state index in [1.165, 1.54) is 0 Å². The predicted molar refractivity (Wildman–Crippen MR) is 119 cm³/mol. The Hall–Kier alpha value is -3.93. The van der Waals surface area contributed by atoms with E-state index in [-0.39, 0.29) is 17.9 Å². The second kappa shape index (κ2) is 10.2. The zero-order valence-electron chi connectivity index (χ0n) is 17.4. The van der Waals surface area contributed by atoms with Gasteiger partial charge in [-0.1, -0.05) is 36.4 Å². The first-order valence-corrected chi connectivity index (χ1v) is 9.97. The maximum Gasteiger partial charge on any atom is 0.338 e. The Kier molecular flexibility index (Phi) is 7.17. The lowest BCUT2D eigenvalue weighted by atomic mass is 10.1. The van der Waals surface area contributed by atoms with Crippen LogP contribution in [-0.2, 0) is 11.3 Å². The lowest BCUT2D eigenvalue weighted by Crippen LogP contribution is -2.22. The number of rotatable bonds is 7. The van der Waals surface area contributed by atoms with Gasteiger partial charge in [-0.15, -0.1) is 0 Å². The summed E-state index contributed by atoms with van der Waals surface area (Å²) in [4.78, 5) is 36.7. The molecule has 3 aromatic carbocycles. The van der Waals surface area contributed by atoms with E-state index < -0.39 is 5.97 Å². The van der Waals surface area contributed by atoms with E-state index in [4.69, 9.17) is 4.74 Å². The summed E-state index contributed by atoms with van der Waals surface area (Å²) in [5.41, 5.74) is 2.81. The van der Waals surface area contributed by atoms with Gasteiger partial charge in [-0.05, 0) is 61.9 Å². The first-order valence-electron chi connectivity index (χ1n) is 9.97. The molecule has 0 aliphatic carbocycles. The zero-order valence-corrected chi connectivity index (χ0v) is 17.4. The van der Waals surface area contributed by atoms with Crippen LogP contribution in [0.4, 0.5) is 5.69 Å². The van der Waals surface area contributed by atoms with E-state index in [9.17, 15) is 14.4 Å². The molecule has 2 amide bonds. The number of carbonyl (C=O) groups is 3. The van der Waals surface area contributed by atoms with E-state index >= 15 is 0 Å². The molecule has 0 aromatic heterocycles. The maximum absolute atomic E-state index is 12.5. The van der Waals surface area contributed by atoms with E-state index in [1.54, 1.807) is 74.5 Å². The van der Waals surface area contributed by atoms with Crippen LogP contribution in [0.25, 0.3) is 0 Å². The third kappa shape index (κ3) is 6.27. The molecule has 0 fully saturated rings. The van der Waals surface area contributed by atoms with Crippen molar-refractivity contribution in [1.29, 1.82) is 0 Å². The van der Waals surface area contributed by atoms with Crippen LogP contribution in [0.1, 0.15) is 50.5 Å². The molecule has 158 valence electrons. The van der Waals surface area contributed by atoms with Gasteiger partial charge in [-0.3, -0.25) is 9.59 Å². The molecule has 6 nitrogen and oxygen atoms in total. The number of benzene rings is 3. The summed E-state index contributed by atoms with van der Waals surface area (Å²) in [5, 5.41) is 5.63. The number of nitrogens with one attached hydrogen (secondary N) is 2. The third-order valence-electron chi connectivity index (χ3n) is 4.40. The maximum atomic E-state index is 12.5. The van der Waals surface area contributed by atoms with Gasteiger partial charge in [0.25, 0.3) is 11.8 Å². The summed E-state index contributed by atoms with van der Waals surface area (Å²) in [7, 11) is 0. The minimum atomic E-state index is -0.437. The molecule has 0 radical (unpaired) electrons. The monoisotopic (exact) mass is 416 g/mol. The normalized spacial score (nSPS) is 10.4. The number of hydrogen-bond acceptors (Lipinski definition) is 4. The van der Waals surface area contributed by atoms with Crippen LogP contribution >= 0.6 is 0 Å². The van der Waals surface area contributed by atoms with E-state index in [0.717, 1.165) is 5.56 Å². The second-order valence-electron chi connectivity index (χ2n) is 7.23. The SMILES string of the molecule is CC(C)OC(=O)c1cccc(NC(=O)c2ccc(CNC(=O)c3ccccc3)cc2)c1. The highest BCUT2D eigenvalue weighted by Gasteiger charge is 2.12. The van der Waals surface area contributed by atoms with Gasteiger partial charge in [0.2, 0.25) is 0 Å². The van der Waals surface area contributed by atoms with Crippen molar-refractivity contribution in [2.45, 2.75) is 26.5 Å². The Labute approximate surface area is 181 Å². The van der Waals surface area contributed by atoms with Gasteiger partial charge in [0.05, 0.1) is 11.7 Å². The van der Waals surface area contributed by atoms with Gasteiger partial charge >= 0.3 is 5.97 Å². The smallest absolute Gasteiger partial charge is 0.338 e. The largest absolute Gasteiger partial charge is 0.459 e. The molecule has 0 spiro atoms. The molecule has 3 aromatic rings. The van der Waals surface area contributed by atoms with Gasteiger partial charge in [-0.25, -0.2) is 4.79 Å². The number of carbonyl (C=O) groups excluding carboxylic acids is 3. The van der Waals surface area contributed by atoms with Crippen LogP contribution in [-0.4, -0.2) is 23.9 Å². The molecule has 0 bridgehead atoms. The molecule has 0 aliphatic heterocycles. The topological polar surface area (TPSA) is 84.5 Å². The predicted octanol–water partition coefficient (Wildman–Crippen LogP) is 4.43. The first kappa shape index (κ1) is 21.8. The average molecular weight is 416 g/mol. The van der Waals surface area contributed by atoms with Crippen molar-refractivity contribution < 1.29 is 19.1 Å². The molecule has 0 atom stereocenters. The summed E-state index contributed by atoms with van der Waals surface area (Å²) in [6, 6.07) is 22.5. The van der Waals surface area contributed by atoms with Crippen molar-refractivity contribution in [2.24, 2.45) is 0 Å². The summed E-state index contributed by atoms with van der Waals surface area (Å²) in [6.07, 6.45) is -0.221. The van der Waals surface area contributed by atoms with Crippen molar-refractivity contribution in [3.63, 3.8) is 0 Å². The van der Waals surface area contributed by atoms with E-state index in [2.05, 4.69) is 10.6 Å². The summed E-state index contributed by atoms with van der Waals surface area (Å²) < 4.78 is 5.18. The van der Waals surface area contributed by atoms with Gasteiger partial charge in [0.15, 0.2) is 0 Å². The third-order valence-corrected chi connectivity index (χ3v) is 4.40. The van der Waals surface area contributed by atoms with Crippen molar-refractivity contribution in [3.8, 4) is 0 Å². The number of amides is 2. The fourth-order valence-electron chi connectivity index (χ4n) is 2.86. The van der Waals surface area contributed by atoms with Crippen LogP contribution in [0.5, 0.6) is 0 Å². The number of ether oxygens (including phenoxy) is 1. The number of hydrogen-bond donors (Lipinski definition) is 2. The molecular weight excluding hydrogens is 392 g/mol. The van der Waals surface area contributed by atoms with Crippen molar-refractivity contribution in [3.05, 3.63) is 101 Å². The minimum Gasteiger partial charge on any atom is -0.459 e. The summed E-state index contributed by atoms with van der Waals surface area (Å²) in [5.74, 6) is -0.888. The fraction of sp³-hybridized carbons (Fsp3) is 0.160. The van der Waals surface area contributed by atoms with Crippen LogP contribution < -0.4 is 10.6 Å². The Bertz CT molecular complexity index is 1060. The Morgan fingerprint density at radius 2 is 1.42 bits per heavy atom. The quantitative estimate of drug-likeness (QED) is 0.558. The van der Waals surface area contributed by atoms with Crippen LogP contribution in [0.2, 0.25) is 0 Å². The van der Waals surface area contributed by atoms with Crippen molar-refractivity contribution in [1.82, 2.24) is 5.32 Å². The summed E-state index contributed by atoms with van der Waals surface area (Å²) >= 11 is 0. The van der Waals surface area contributed by atoms with Gasteiger partial charge in [0, 0.05) is 23.4 Å². The molecule has 3 rings (SSSR count). The van der Waals surface area contributed by atoms with Gasteiger partial charge in [0.1, 0.15) is 0 Å². The molecule has 0 saturated carbocycles. The molecule has 0 unspecified atom stereocenters. The number of anilines is 1. The molecule has 0 aliphatic rings. The summed E-state index contributed by atoms with van der Waals surface area (Å²) in [6.45, 7) is 3.91. The highest BCUT2D eigenvalue weighted by molar-refractivity contribution is 6.05. The van der Waals surface area contributed by atoms with Crippen molar-refractivity contribution in [2.75, 3.05) is 5.32 Å². The minimum absolute atomic E-state index is 0.154. The van der Waals surface area contributed by atoms with Crippen LogP contribution in [0.3, 0.4) is 0 Å². The zero-order chi connectivity index (χ0) is 22.2. The van der Waals surface area contributed by atoms with Gasteiger partial charge < -0.3 is 15.4 Å². The van der Waals surface area contributed by atoms with Crippen LogP contribution in [0, 0.1) is 0 Å². The molecule has 0 saturated heterocycles. The highest BCUT2D eigenvalue weighted by Crippen LogP contribution is 2.14. The molecule has 31 heavy (non-hydrogen) atoms. The Balaban J connectivity index is 1.58. The van der Waals surface area contributed by atoms with Crippen LogP contribution in [0.15, 0.2) is 78.9 Å². The Morgan fingerprint density at radius 3 is 2.10 bits per heavy atom. The van der Waals surface area contributed by atoms with Gasteiger partial charge in [-0.2, -0.15) is 0 Å². The molecular formula is C25H24N2O4. The lowest BCUT2D eigenvalue weighted by Gasteiger charge is -2.10. The molecule has 2 N–H and O–H groups in total. The van der Waals surface area contributed by atoms with Crippen molar-refractivity contribution >= 4 is 23.5 Å². The highest BCUT2D eigenvalue weighted by atomic mass is 16.5. The fourth-order valence-corrected chi connectivity index (χ4v) is 2.86. The lowest BCUT2D eigenvalue weighted by molar-refractivity contribution is 0.0377. The molecule has 6 heteroatoms. The Morgan fingerprint density at radius 1 is 0.774 bits per heavy atom. The molecule has 0 heterocycles. The van der Waals surface area contributed by atoms with E-state index in [1.807, 2.05) is 18.2 Å². The average Bonchev–Trinajstić information content (AvgIpc) is 2.78. The number of esters is 1.